The summed E-state index contributed by atoms with van der Waals surface area (Å²) in [6.07, 6.45) is 1.49. The average Bonchev–Trinajstić information content (AvgIpc) is 3.01. The molecule has 0 saturated carbocycles. The van der Waals surface area contributed by atoms with Crippen LogP contribution in [-0.4, -0.2) is 29.8 Å². The zero-order chi connectivity index (χ0) is 18.0. The molecule has 0 spiro atoms. The molecule has 6 nitrogen and oxygen atoms in total. The summed E-state index contributed by atoms with van der Waals surface area (Å²) in [7, 11) is 1.58. The normalized spacial score (nSPS) is 10.7. The number of phenols is 1. The lowest BCUT2D eigenvalue weighted by Crippen LogP contribution is -2.09. The van der Waals surface area contributed by atoms with Gasteiger partial charge in [-0.3, -0.25) is 4.98 Å². The van der Waals surface area contributed by atoms with Crippen molar-refractivity contribution < 1.29 is 19.4 Å². The van der Waals surface area contributed by atoms with Crippen LogP contribution >= 0.6 is 11.3 Å². The van der Waals surface area contributed by atoms with E-state index in [1.54, 1.807) is 32.2 Å². The molecular formula is C18H18N2O4S. The maximum atomic E-state index is 12.3. The van der Waals surface area contributed by atoms with Crippen LogP contribution in [0.4, 0.5) is 11.4 Å². The molecule has 2 aromatic heterocycles. The zero-order valence-electron chi connectivity index (χ0n) is 14.1. The number of ether oxygens (including phenoxy) is 2. The van der Waals surface area contributed by atoms with Gasteiger partial charge in [0.15, 0.2) is 5.75 Å². The second-order valence-corrected chi connectivity index (χ2v) is 6.25. The number of benzene rings is 1. The topological polar surface area (TPSA) is 80.7 Å². The number of pyridine rings is 1. The molecule has 2 N–H and O–H groups in total. The standard InChI is InChI=1S/C18H18N2O4S/c1-4-24-18(22)12-8-19-16-14(23-3)9-25-17(16)15(12)20-13-6-5-11(21)7-10(13)2/h5-9,21H,4H2,1-3H3,(H,19,20). The summed E-state index contributed by atoms with van der Waals surface area (Å²) in [5.41, 5.74) is 3.28. The predicted octanol–water partition coefficient (Wildman–Crippen LogP) is 4.24. The zero-order valence-corrected chi connectivity index (χ0v) is 14.9. The van der Waals surface area contributed by atoms with Crippen LogP contribution in [0.3, 0.4) is 0 Å². The largest absolute Gasteiger partial charge is 0.508 e. The summed E-state index contributed by atoms with van der Waals surface area (Å²) in [6.45, 7) is 3.91. The van der Waals surface area contributed by atoms with Crippen molar-refractivity contribution in [3.8, 4) is 11.5 Å². The number of fused-ring (bicyclic) bond motifs is 1. The summed E-state index contributed by atoms with van der Waals surface area (Å²) in [5.74, 6) is 0.399. The number of thiophene rings is 1. The van der Waals surface area contributed by atoms with Crippen LogP contribution in [0, 0.1) is 6.92 Å². The van der Waals surface area contributed by atoms with Crippen LogP contribution in [0.25, 0.3) is 10.2 Å². The highest BCUT2D eigenvalue weighted by Gasteiger charge is 2.20. The number of hydrogen-bond donors (Lipinski definition) is 2. The Bertz CT molecular complexity index is 936. The molecule has 7 heteroatoms. The molecule has 0 aliphatic rings. The van der Waals surface area contributed by atoms with Gasteiger partial charge in [-0.2, -0.15) is 0 Å². The van der Waals surface area contributed by atoms with E-state index in [4.69, 9.17) is 9.47 Å². The summed E-state index contributed by atoms with van der Waals surface area (Å²) in [6, 6.07) is 5.00. The number of aryl methyl sites for hydroxylation is 1. The van der Waals surface area contributed by atoms with E-state index in [1.165, 1.54) is 17.5 Å². The summed E-state index contributed by atoms with van der Waals surface area (Å²) < 4.78 is 11.3. The Labute approximate surface area is 149 Å². The Hall–Kier alpha value is -2.80. The second kappa shape index (κ2) is 6.98. The van der Waals surface area contributed by atoms with Crippen molar-refractivity contribution in [2.45, 2.75) is 13.8 Å². The fourth-order valence-electron chi connectivity index (χ4n) is 2.51. The van der Waals surface area contributed by atoms with Crippen molar-refractivity contribution in [2.24, 2.45) is 0 Å². The van der Waals surface area contributed by atoms with Gasteiger partial charge in [0.2, 0.25) is 0 Å². The molecular weight excluding hydrogens is 340 g/mol. The Kier molecular flexibility index (Phi) is 4.76. The van der Waals surface area contributed by atoms with E-state index in [-0.39, 0.29) is 12.4 Å². The molecule has 2 heterocycles. The van der Waals surface area contributed by atoms with E-state index in [9.17, 15) is 9.90 Å². The first kappa shape index (κ1) is 17.0. The first-order valence-corrected chi connectivity index (χ1v) is 8.61. The van der Waals surface area contributed by atoms with Gasteiger partial charge in [0.05, 0.1) is 24.1 Å². The lowest BCUT2D eigenvalue weighted by molar-refractivity contribution is 0.0527. The highest BCUT2D eigenvalue weighted by molar-refractivity contribution is 7.18. The van der Waals surface area contributed by atoms with Crippen LogP contribution in [0.15, 0.2) is 29.8 Å². The second-order valence-electron chi connectivity index (χ2n) is 5.37. The number of carbonyl (C=O) groups excluding carboxylic acids is 1. The molecule has 0 fully saturated rings. The van der Waals surface area contributed by atoms with Gasteiger partial charge in [-0.1, -0.05) is 0 Å². The molecule has 0 radical (unpaired) electrons. The molecule has 0 unspecified atom stereocenters. The number of nitrogens with zero attached hydrogens (tertiary/aromatic N) is 1. The van der Waals surface area contributed by atoms with Crippen LogP contribution in [0.5, 0.6) is 11.5 Å². The maximum absolute atomic E-state index is 12.3. The molecule has 0 aliphatic carbocycles. The molecule has 130 valence electrons. The first-order chi connectivity index (χ1) is 12.0. The van der Waals surface area contributed by atoms with E-state index in [2.05, 4.69) is 10.3 Å². The van der Waals surface area contributed by atoms with Crippen LogP contribution in [-0.2, 0) is 4.74 Å². The fourth-order valence-corrected chi connectivity index (χ4v) is 3.48. The van der Waals surface area contributed by atoms with Gasteiger partial charge in [0.25, 0.3) is 0 Å². The molecule has 0 amide bonds. The van der Waals surface area contributed by atoms with Crippen molar-refractivity contribution in [2.75, 3.05) is 19.0 Å². The van der Waals surface area contributed by atoms with Gasteiger partial charge < -0.3 is 19.9 Å². The predicted molar refractivity (Wildman–Crippen MR) is 98.3 cm³/mol. The van der Waals surface area contributed by atoms with E-state index in [1.807, 2.05) is 12.3 Å². The monoisotopic (exact) mass is 358 g/mol. The molecule has 0 aliphatic heterocycles. The van der Waals surface area contributed by atoms with Gasteiger partial charge >= 0.3 is 5.97 Å². The third-order valence-electron chi connectivity index (χ3n) is 3.74. The van der Waals surface area contributed by atoms with Crippen LogP contribution in [0.1, 0.15) is 22.8 Å². The number of aromatic hydroxyl groups is 1. The molecule has 0 atom stereocenters. The van der Waals surface area contributed by atoms with Gasteiger partial charge in [0, 0.05) is 17.3 Å². The van der Waals surface area contributed by atoms with E-state index in [0.717, 1.165) is 16.0 Å². The van der Waals surface area contributed by atoms with Gasteiger partial charge in [-0.05, 0) is 37.6 Å². The Morgan fingerprint density at radius 1 is 1.40 bits per heavy atom. The molecule has 1 aromatic carbocycles. The summed E-state index contributed by atoms with van der Waals surface area (Å²) in [5, 5.41) is 14.7. The fraction of sp³-hybridized carbons (Fsp3) is 0.222. The third-order valence-corrected chi connectivity index (χ3v) is 4.70. The minimum atomic E-state index is -0.441. The maximum Gasteiger partial charge on any atom is 0.341 e. The number of phenolic OH excluding ortho intramolecular Hbond substituents is 1. The van der Waals surface area contributed by atoms with Crippen molar-refractivity contribution in [3.05, 3.63) is 40.9 Å². The number of anilines is 2. The minimum absolute atomic E-state index is 0.186. The van der Waals surface area contributed by atoms with Crippen molar-refractivity contribution in [1.29, 1.82) is 0 Å². The quantitative estimate of drug-likeness (QED) is 0.524. The number of methoxy groups -OCH3 is 1. The summed E-state index contributed by atoms with van der Waals surface area (Å²) in [4.78, 5) is 16.7. The lowest BCUT2D eigenvalue weighted by atomic mass is 10.1. The van der Waals surface area contributed by atoms with Crippen molar-refractivity contribution >= 4 is 38.9 Å². The number of esters is 1. The molecule has 0 saturated heterocycles. The Morgan fingerprint density at radius 2 is 2.20 bits per heavy atom. The number of aromatic nitrogens is 1. The average molecular weight is 358 g/mol. The smallest absolute Gasteiger partial charge is 0.341 e. The van der Waals surface area contributed by atoms with Crippen molar-refractivity contribution in [3.63, 3.8) is 0 Å². The molecule has 3 aromatic rings. The van der Waals surface area contributed by atoms with Gasteiger partial charge in [-0.25, -0.2) is 4.79 Å². The number of nitrogens with one attached hydrogen (secondary N) is 1. The van der Waals surface area contributed by atoms with Crippen molar-refractivity contribution in [1.82, 2.24) is 4.98 Å². The van der Waals surface area contributed by atoms with E-state index in [0.29, 0.717) is 22.5 Å². The Morgan fingerprint density at radius 3 is 2.88 bits per heavy atom. The molecule has 0 bridgehead atoms. The number of hydrogen-bond acceptors (Lipinski definition) is 7. The highest BCUT2D eigenvalue weighted by atomic mass is 32.1. The Balaban J connectivity index is 2.16. The van der Waals surface area contributed by atoms with Crippen LogP contribution in [0.2, 0.25) is 0 Å². The lowest BCUT2D eigenvalue weighted by Gasteiger charge is -2.14. The first-order valence-electron chi connectivity index (χ1n) is 7.73. The highest BCUT2D eigenvalue weighted by Crippen LogP contribution is 2.39. The molecule has 3 rings (SSSR count). The van der Waals surface area contributed by atoms with E-state index < -0.39 is 5.97 Å². The van der Waals surface area contributed by atoms with Crippen LogP contribution < -0.4 is 10.1 Å². The van der Waals surface area contributed by atoms with E-state index >= 15 is 0 Å². The van der Waals surface area contributed by atoms with Gasteiger partial charge in [-0.15, -0.1) is 11.3 Å². The number of rotatable bonds is 5. The number of carbonyl (C=O) groups is 1. The third kappa shape index (κ3) is 3.23. The minimum Gasteiger partial charge on any atom is -0.508 e. The SMILES string of the molecule is CCOC(=O)c1cnc2c(OC)csc2c1Nc1ccc(O)cc1C. The van der Waals surface area contributed by atoms with Gasteiger partial charge in [0.1, 0.15) is 16.8 Å². The summed E-state index contributed by atoms with van der Waals surface area (Å²) >= 11 is 1.44. The molecule has 25 heavy (non-hydrogen) atoms.